The number of amides is 1. The van der Waals surface area contributed by atoms with Gasteiger partial charge in [0.05, 0.1) is 10.9 Å². The van der Waals surface area contributed by atoms with Crippen LogP contribution in [0.1, 0.15) is 34.8 Å². The van der Waals surface area contributed by atoms with Crippen LogP contribution in [0.25, 0.3) is 16.7 Å². The number of hydrogen-bond acceptors (Lipinski definition) is 7. The molecule has 1 aromatic carbocycles. The van der Waals surface area contributed by atoms with Crippen LogP contribution in [-0.2, 0) is 11.3 Å². The van der Waals surface area contributed by atoms with Gasteiger partial charge >= 0.3 is 0 Å². The highest BCUT2D eigenvalue weighted by atomic mass is 16.7. The van der Waals surface area contributed by atoms with E-state index in [1.807, 2.05) is 19.9 Å². The van der Waals surface area contributed by atoms with E-state index < -0.39 is 5.91 Å². The van der Waals surface area contributed by atoms with Gasteiger partial charge in [-0.15, -0.1) is 0 Å². The van der Waals surface area contributed by atoms with Gasteiger partial charge in [-0.25, -0.2) is 4.98 Å². The molecule has 10 nitrogen and oxygen atoms in total. The molecule has 1 amide bonds. The minimum absolute atomic E-state index is 0.0851. The number of carbonyl (C=O) groups is 1. The summed E-state index contributed by atoms with van der Waals surface area (Å²) in [5.74, 6) is 0.445. The van der Waals surface area contributed by atoms with Crippen molar-refractivity contribution in [2.24, 2.45) is 4.99 Å². The van der Waals surface area contributed by atoms with Crippen LogP contribution in [-0.4, -0.2) is 39.9 Å². The van der Waals surface area contributed by atoms with Gasteiger partial charge in [-0.05, 0) is 56.2 Å². The molecule has 0 radical (unpaired) electrons. The summed E-state index contributed by atoms with van der Waals surface area (Å²) in [6.07, 6.45) is 2.21. The lowest BCUT2D eigenvalue weighted by molar-refractivity contribution is 0.0996. The molecule has 36 heavy (non-hydrogen) atoms. The second-order valence-corrected chi connectivity index (χ2v) is 8.22. The number of benzene rings is 1. The third-order valence-electron chi connectivity index (χ3n) is 5.93. The molecule has 4 aromatic rings. The molecule has 1 aliphatic heterocycles. The monoisotopic (exact) mass is 485 g/mol. The fourth-order valence-electron chi connectivity index (χ4n) is 4.16. The highest BCUT2D eigenvalue weighted by Crippen LogP contribution is 2.32. The van der Waals surface area contributed by atoms with Crippen molar-refractivity contribution < 1.29 is 19.0 Å². The standard InChI is InChI=1S/C26H23N5O5/c1-3-34-11-5-10-30-23(29-25(32)17-7-8-20-21(13-17)36-15-35-20)18(14-27)12-19-24(30)28-22-16(2)6-4-9-31(22)26(19)33/h4,6-9,12-13H,3,5,10-11,15H2,1-2H3. The Kier molecular flexibility index (Phi) is 6.23. The first-order valence-corrected chi connectivity index (χ1v) is 11.5. The number of carbonyl (C=O) groups excluding carboxylic acids is 1. The molecule has 1 aliphatic rings. The molecule has 0 unspecified atom stereocenters. The lowest BCUT2D eigenvalue weighted by Crippen LogP contribution is -2.30. The quantitative estimate of drug-likeness (QED) is 0.304. The summed E-state index contributed by atoms with van der Waals surface area (Å²) < 4.78 is 19.3. The fraction of sp³-hybridized carbons (Fsp3) is 0.269. The Morgan fingerprint density at radius 3 is 2.86 bits per heavy atom. The van der Waals surface area contributed by atoms with E-state index in [0.717, 1.165) is 5.56 Å². The van der Waals surface area contributed by atoms with Crippen molar-refractivity contribution >= 4 is 22.6 Å². The van der Waals surface area contributed by atoms with Gasteiger partial charge in [0.1, 0.15) is 17.4 Å². The van der Waals surface area contributed by atoms with Crippen LogP contribution >= 0.6 is 0 Å². The summed E-state index contributed by atoms with van der Waals surface area (Å²) >= 11 is 0. The lowest BCUT2D eigenvalue weighted by Gasteiger charge is -2.14. The van der Waals surface area contributed by atoms with Crippen LogP contribution in [0.4, 0.5) is 0 Å². The van der Waals surface area contributed by atoms with Gasteiger partial charge in [0.25, 0.3) is 11.5 Å². The fourth-order valence-corrected chi connectivity index (χ4v) is 4.16. The number of ether oxygens (including phenoxy) is 3. The topological polar surface area (TPSA) is 120 Å². The van der Waals surface area contributed by atoms with Gasteiger partial charge in [-0.2, -0.15) is 10.3 Å². The van der Waals surface area contributed by atoms with E-state index in [0.29, 0.717) is 49.0 Å². The van der Waals surface area contributed by atoms with E-state index in [-0.39, 0.29) is 34.4 Å². The minimum Gasteiger partial charge on any atom is -0.454 e. The molecule has 10 heteroatoms. The van der Waals surface area contributed by atoms with E-state index in [2.05, 4.69) is 11.1 Å². The van der Waals surface area contributed by atoms with Gasteiger partial charge in [0.15, 0.2) is 17.0 Å². The highest BCUT2D eigenvalue weighted by molar-refractivity contribution is 5.95. The first-order valence-electron chi connectivity index (χ1n) is 11.5. The number of nitriles is 1. The molecule has 0 saturated heterocycles. The molecule has 0 bridgehead atoms. The SMILES string of the molecule is CCOCCCn1c(=NC(=O)c2ccc3c(c2)OCO3)c(C#N)cc2c(=O)n3cccc(C)c3nc21. The number of aromatic nitrogens is 3. The second-order valence-electron chi connectivity index (χ2n) is 8.22. The largest absolute Gasteiger partial charge is 0.454 e. The number of hydrogen-bond donors (Lipinski definition) is 0. The Balaban J connectivity index is 1.75. The highest BCUT2D eigenvalue weighted by Gasteiger charge is 2.18. The molecule has 0 N–H and O–H groups in total. The molecule has 3 aromatic heterocycles. The number of rotatable bonds is 6. The van der Waals surface area contributed by atoms with Crippen LogP contribution in [0.2, 0.25) is 0 Å². The average molecular weight is 486 g/mol. The van der Waals surface area contributed by atoms with Crippen LogP contribution < -0.4 is 20.5 Å². The minimum atomic E-state index is -0.559. The summed E-state index contributed by atoms with van der Waals surface area (Å²) in [7, 11) is 0. The van der Waals surface area contributed by atoms with Crippen LogP contribution in [0, 0.1) is 18.3 Å². The number of aryl methyl sites for hydroxylation is 2. The zero-order valence-corrected chi connectivity index (χ0v) is 19.9. The van der Waals surface area contributed by atoms with Crippen molar-refractivity contribution in [3.63, 3.8) is 0 Å². The molecular weight excluding hydrogens is 462 g/mol. The van der Waals surface area contributed by atoms with Gasteiger partial charge in [0, 0.05) is 31.5 Å². The molecule has 0 spiro atoms. The van der Waals surface area contributed by atoms with Gasteiger partial charge in [-0.3, -0.25) is 14.0 Å². The van der Waals surface area contributed by atoms with Crippen molar-refractivity contribution in [1.82, 2.24) is 14.0 Å². The van der Waals surface area contributed by atoms with Gasteiger partial charge in [0.2, 0.25) is 6.79 Å². The maximum absolute atomic E-state index is 13.4. The lowest BCUT2D eigenvalue weighted by atomic mass is 10.2. The van der Waals surface area contributed by atoms with E-state index >= 15 is 0 Å². The van der Waals surface area contributed by atoms with E-state index in [9.17, 15) is 14.9 Å². The third kappa shape index (κ3) is 4.10. The van der Waals surface area contributed by atoms with Crippen LogP contribution in [0.15, 0.2) is 52.4 Å². The third-order valence-corrected chi connectivity index (χ3v) is 5.93. The Morgan fingerprint density at radius 1 is 1.22 bits per heavy atom. The van der Waals surface area contributed by atoms with E-state index in [4.69, 9.17) is 19.2 Å². The molecule has 4 heterocycles. The number of nitrogens with zero attached hydrogens (tertiary/aromatic N) is 5. The second kappa shape index (κ2) is 9.64. The molecule has 5 rings (SSSR count). The van der Waals surface area contributed by atoms with Crippen molar-refractivity contribution in [1.29, 1.82) is 5.26 Å². The maximum Gasteiger partial charge on any atom is 0.279 e. The van der Waals surface area contributed by atoms with Crippen molar-refractivity contribution in [3.8, 4) is 17.6 Å². The predicted octanol–water partition coefficient (Wildman–Crippen LogP) is 2.73. The Labute approximate surface area is 205 Å². The molecule has 0 aliphatic carbocycles. The molecular formula is C26H23N5O5. The maximum atomic E-state index is 13.4. The summed E-state index contributed by atoms with van der Waals surface area (Å²) in [6, 6.07) is 12.0. The van der Waals surface area contributed by atoms with Crippen molar-refractivity contribution in [2.45, 2.75) is 26.8 Å². The predicted molar refractivity (Wildman–Crippen MR) is 130 cm³/mol. The Bertz CT molecular complexity index is 1680. The summed E-state index contributed by atoms with van der Waals surface area (Å²) in [5.41, 5.74) is 1.87. The number of pyridine rings is 2. The Hall–Kier alpha value is -4.49. The van der Waals surface area contributed by atoms with Gasteiger partial charge in [-0.1, -0.05) is 6.07 Å². The molecule has 0 atom stereocenters. The van der Waals surface area contributed by atoms with Crippen molar-refractivity contribution in [2.75, 3.05) is 20.0 Å². The summed E-state index contributed by atoms with van der Waals surface area (Å²) in [5, 5.41) is 10.2. The zero-order valence-electron chi connectivity index (χ0n) is 19.9. The summed E-state index contributed by atoms with van der Waals surface area (Å²) in [6.45, 7) is 5.22. The van der Waals surface area contributed by atoms with Crippen LogP contribution in [0.5, 0.6) is 11.5 Å². The van der Waals surface area contributed by atoms with Crippen LogP contribution in [0.3, 0.4) is 0 Å². The van der Waals surface area contributed by atoms with E-state index in [1.54, 1.807) is 35.0 Å². The van der Waals surface area contributed by atoms with Crippen molar-refractivity contribution in [3.05, 3.63) is 75.1 Å². The zero-order chi connectivity index (χ0) is 25.2. The van der Waals surface area contributed by atoms with Gasteiger partial charge < -0.3 is 18.8 Å². The first kappa shape index (κ1) is 23.3. The smallest absolute Gasteiger partial charge is 0.279 e. The number of fused-ring (bicyclic) bond motifs is 3. The summed E-state index contributed by atoms with van der Waals surface area (Å²) in [4.78, 5) is 35.6. The normalized spacial score (nSPS) is 12.9. The molecule has 0 fully saturated rings. The first-order chi connectivity index (χ1) is 17.5. The average Bonchev–Trinajstić information content (AvgIpc) is 3.36. The van der Waals surface area contributed by atoms with E-state index in [1.165, 1.54) is 10.5 Å². The molecule has 0 saturated carbocycles. The Morgan fingerprint density at radius 2 is 2.06 bits per heavy atom. The molecule has 182 valence electrons.